The monoisotopic (exact) mass is 246 g/mol. The van der Waals surface area contributed by atoms with E-state index in [1.54, 1.807) is 7.11 Å². The first-order chi connectivity index (χ1) is 8.45. The summed E-state index contributed by atoms with van der Waals surface area (Å²) in [5.74, 6) is 1.92. The lowest BCUT2D eigenvalue weighted by Crippen LogP contribution is -2.11. The van der Waals surface area contributed by atoms with Crippen LogP contribution in [0.25, 0.3) is 11.1 Å². The molecule has 4 nitrogen and oxygen atoms in total. The molecule has 0 aliphatic heterocycles. The maximum atomic E-state index is 5.93. The summed E-state index contributed by atoms with van der Waals surface area (Å²) < 4.78 is 10.8. The highest BCUT2D eigenvalue weighted by molar-refractivity contribution is 5.80. The van der Waals surface area contributed by atoms with Crippen molar-refractivity contribution >= 4 is 5.82 Å². The lowest BCUT2D eigenvalue weighted by Gasteiger charge is -2.17. The smallest absolute Gasteiger partial charge is 0.175 e. The average molecular weight is 246 g/mol. The molecule has 0 bridgehead atoms. The summed E-state index contributed by atoms with van der Waals surface area (Å²) in [6.45, 7) is 6.18. The zero-order valence-corrected chi connectivity index (χ0v) is 11.2. The van der Waals surface area contributed by atoms with Crippen molar-refractivity contribution in [1.29, 1.82) is 0 Å². The number of nitrogen functional groups attached to an aromatic ring is 1. The van der Waals surface area contributed by atoms with E-state index in [0.29, 0.717) is 5.82 Å². The molecule has 0 spiro atoms. The number of benzene rings is 1. The van der Waals surface area contributed by atoms with Gasteiger partial charge in [-0.15, -0.1) is 0 Å². The summed E-state index contributed by atoms with van der Waals surface area (Å²) >= 11 is 0. The Hall–Kier alpha value is -1.97. The van der Waals surface area contributed by atoms with Gasteiger partial charge in [-0.1, -0.05) is 44.1 Å². The normalized spacial score (nSPS) is 11.6. The number of para-hydroxylation sites is 1. The van der Waals surface area contributed by atoms with E-state index in [2.05, 4.69) is 25.9 Å². The zero-order valence-electron chi connectivity index (χ0n) is 11.2. The number of methoxy groups -OCH3 is 1. The van der Waals surface area contributed by atoms with Gasteiger partial charge in [0.05, 0.1) is 12.7 Å². The maximum absolute atomic E-state index is 5.93. The van der Waals surface area contributed by atoms with Crippen molar-refractivity contribution in [1.82, 2.24) is 5.16 Å². The predicted octanol–water partition coefficient (Wildman–Crippen LogP) is 3.23. The topological polar surface area (TPSA) is 61.3 Å². The molecule has 0 aliphatic rings. The van der Waals surface area contributed by atoms with E-state index in [-0.39, 0.29) is 5.41 Å². The first-order valence-corrected chi connectivity index (χ1v) is 5.84. The van der Waals surface area contributed by atoms with Gasteiger partial charge >= 0.3 is 0 Å². The number of nitrogens with two attached hydrogens (primary N) is 1. The molecular formula is C14H18N2O2. The Balaban J connectivity index is 2.67. The Bertz CT molecular complexity index is 553. The van der Waals surface area contributed by atoms with Gasteiger partial charge in [0.1, 0.15) is 5.75 Å². The number of aromatic nitrogens is 1. The molecule has 1 heterocycles. The number of hydrogen-bond donors (Lipinski definition) is 1. The van der Waals surface area contributed by atoms with Crippen LogP contribution in [0.15, 0.2) is 28.8 Å². The van der Waals surface area contributed by atoms with Gasteiger partial charge in [-0.3, -0.25) is 0 Å². The molecule has 0 saturated carbocycles. The van der Waals surface area contributed by atoms with Crippen LogP contribution in [0.1, 0.15) is 26.5 Å². The molecule has 2 N–H and O–H groups in total. The van der Waals surface area contributed by atoms with Crippen LogP contribution in [0.2, 0.25) is 0 Å². The third kappa shape index (κ3) is 2.06. The fraction of sp³-hybridized carbons (Fsp3) is 0.357. The Kier molecular flexibility index (Phi) is 3.03. The van der Waals surface area contributed by atoms with Crippen molar-refractivity contribution in [2.24, 2.45) is 0 Å². The van der Waals surface area contributed by atoms with Gasteiger partial charge in [-0.05, 0) is 6.07 Å². The Morgan fingerprint density at radius 2 is 1.89 bits per heavy atom. The molecule has 0 radical (unpaired) electrons. The third-order valence-electron chi connectivity index (χ3n) is 2.78. The second-order valence-electron chi connectivity index (χ2n) is 5.22. The van der Waals surface area contributed by atoms with Gasteiger partial charge in [0.25, 0.3) is 0 Å². The molecule has 2 rings (SSSR count). The predicted molar refractivity (Wildman–Crippen MR) is 71.6 cm³/mol. The molecule has 4 heteroatoms. The van der Waals surface area contributed by atoms with E-state index < -0.39 is 0 Å². The van der Waals surface area contributed by atoms with E-state index >= 15 is 0 Å². The highest BCUT2D eigenvalue weighted by Crippen LogP contribution is 2.40. The van der Waals surface area contributed by atoms with Crippen molar-refractivity contribution in [3.05, 3.63) is 30.0 Å². The number of anilines is 1. The first kappa shape index (κ1) is 12.5. The fourth-order valence-electron chi connectivity index (χ4n) is 1.93. The van der Waals surface area contributed by atoms with Crippen LogP contribution in [0.3, 0.4) is 0 Å². The minimum Gasteiger partial charge on any atom is -0.496 e. The Morgan fingerprint density at radius 3 is 2.50 bits per heavy atom. The van der Waals surface area contributed by atoms with Gasteiger partial charge in [-0.2, -0.15) is 0 Å². The molecule has 1 aromatic carbocycles. The number of rotatable bonds is 2. The maximum Gasteiger partial charge on any atom is 0.175 e. The molecule has 1 aromatic heterocycles. The van der Waals surface area contributed by atoms with E-state index in [1.807, 2.05) is 24.3 Å². The number of ether oxygens (including phenoxy) is 1. The standard InChI is InChI=1S/C14H18N2O2/c1-14(2,3)12-11(13(15)16-18-12)9-7-5-6-8-10(9)17-4/h5-8H,1-4H3,(H2,15,16). The fourth-order valence-corrected chi connectivity index (χ4v) is 1.93. The van der Waals surface area contributed by atoms with Crippen molar-refractivity contribution in [2.45, 2.75) is 26.2 Å². The van der Waals surface area contributed by atoms with Gasteiger partial charge in [0.15, 0.2) is 11.6 Å². The van der Waals surface area contributed by atoms with E-state index in [0.717, 1.165) is 22.6 Å². The van der Waals surface area contributed by atoms with Crippen molar-refractivity contribution in [2.75, 3.05) is 12.8 Å². The van der Waals surface area contributed by atoms with E-state index in [4.69, 9.17) is 15.0 Å². The summed E-state index contributed by atoms with van der Waals surface area (Å²) in [5.41, 5.74) is 7.49. The Labute approximate surface area is 107 Å². The van der Waals surface area contributed by atoms with Crippen LogP contribution in [-0.4, -0.2) is 12.3 Å². The zero-order chi connectivity index (χ0) is 13.3. The third-order valence-corrected chi connectivity index (χ3v) is 2.78. The lowest BCUT2D eigenvalue weighted by molar-refractivity contribution is 0.332. The van der Waals surface area contributed by atoms with Crippen LogP contribution in [0.5, 0.6) is 5.75 Å². The van der Waals surface area contributed by atoms with E-state index in [9.17, 15) is 0 Å². The number of nitrogens with zero attached hydrogens (tertiary/aromatic N) is 1. The SMILES string of the molecule is COc1ccccc1-c1c(N)noc1C(C)(C)C. The Morgan fingerprint density at radius 1 is 1.22 bits per heavy atom. The molecule has 0 saturated heterocycles. The first-order valence-electron chi connectivity index (χ1n) is 5.84. The van der Waals surface area contributed by atoms with Crippen molar-refractivity contribution in [3.63, 3.8) is 0 Å². The van der Waals surface area contributed by atoms with Crippen LogP contribution in [0, 0.1) is 0 Å². The number of hydrogen-bond acceptors (Lipinski definition) is 4. The highest BCUT2D eigenvalue weighted by atomic mass is 16.5. The van der Waals surface area contributed by atoms with Gasteiger partial charge in [0.2, 0.25) is 0 Å². The molecule has 0 unspecified atom stereocenters. The summed E-state index contributed by atoms with van der Waals surface area (Å²) in [5, 5.41) is 3.88. The van der Waals surface area contributed by atoms with Crippen molar-refractivity contribution < 1.29 is 9.26 Å². The molecule has 0 atom stereocenters. The second kappa shape index (κ2) is 4.37. The molecule has 0 fully saturated rings. The van der Waals surface area contributed by atoms with Crippen molar-refractivity contribution in [3.8, 4) is 16.9 Å². The minimum absolute atomic E-state index is 0.166. The average Bonchev–Trinajstić information content (AvgIpc) is 2.70. The molecule has 18 heavy (non-hydrogen) atoms. The molecular weight excluding hydrogens is 228 g/mol. The molecule has 0 aliphatic carbocycles. The van der Waals surface area contributed by atoms with Crippen LogP contribution < -0.4 is 10.5 Å². The lowest BCUT2D eigenvalue weighted by atomic mass is 9.88. The largest absolute Gasteiger partial charge is 0.496 e. The molecule has 0 amide bonds. The highest BCUT2D eigenvalue weighted by Gasteiger charge is 2.28. The quantitative estimate of drug-likeness (QED) is 0.883. The minimum atomic E-state index is -0.166. The second-order valence-corrected chi connectivity index (χ2v) is 5.22. The summed E-state index contributed by atoms with van der Waals surface area (Å²) in [6.07, 6.45) is 0. The van der Waals surface area contributed by atoms with Crippen LogP contribution >= 0.6 is 0 Å². The van der Waals surface area contributed by atoms with E-state index in [1.165, 1.54) is 0 Å². The van der Waals surface area contributed by atoms with Gasteiger partial charge in [0, 0.05) is 11.0 Å². The summed E-state index contributed by atoms with van der Waals surface area (Å²) in [4.78, 5) is 0. The summed E-state index contributed by atoms with van der Waals surface area (Å²) in [6, 6.07) is 7.71. The van der Waals surface area contributed by atoms with Crippen LogP contribution in [0.4, 0.5) is 5.82 Å². The van der Waals surface area contributed by atoms with Gasteiger partial charge in [-0.25, -0.2) is 0 Å². The van der Waals surface area contributed by atoms with Crippen LogP contribution in [-0.2, 0) is 5.41 Å². The van der Waals surface area contributed by atoms with Gasteiger partial charge < -0.3 is 15.0 Å². The summed E-state index contributed by atoms with van der Waals surface area (Å²) in [7, 11) is 1.64. The molecule has 2 aromatic rings. The molecule has 96 valence electrons.